The first-order valence-electron chi connectivity index (χ1n) is 8.48. The van der Waals surface area contributed by atoms with Crippen LogP contribution in [-0.2, 0) is 7.05 Å². The van der Waals surface area contributed by atoms with E-state index in [2.05, 4.69) is 15.3 Å². The van der Waals surface area contributed by atoms with Crippen LogP contribution in [0.5, 0.6) is 0 Å². The Morgan fingerprint density at radius 2 is 1.96 bits per heavy atom. The molecule has 0 spiro atoms. The van der Waals surface area contributed by atoms with E-state index in [0.717, 1.165) is 22.6 Å². The van der Waals surface area contributed by atoms with Crippen molar-refractivity contribution in [2.45, 2.75) is 6.92 Å². The van der Waals surface area contributed by atoms with Gasteiger partial charge in [-0.15, -0.1) is 0 Å². The van der Waals surface area contributed by atoms with E-state index in [9.17, 15) is 9.18 Å². The number of pyridine rings is 1. The number of benzene rings is 2. The van der Waals surface area contributed by atoms with Crippen molar-refractivity contribution in [3.05, 3.63) is 77.7 Å². The first-order valence-corrected chi connectivity index (χ1v) is 8.48. The van der Waals surface area contributed by atoms with Crippen LogP contribution in [0.3, 0.4) is 0 Å². The van der Waals surface area contributed by atoms with Crippen molar-refractivity contribution in [1.29, 1.82) is 0 Å². The second kappa shape index (κ2) is 6.64. The van der Waals surface area contributed by atoms with E-state index in [1.807, 2.05) is 29.8 Å². The Kier molecular flexibility index (Phi) is 4.16. The van der Waals surface area contributed by atoms with Crippen molar-refractivity contribution < 1.29 is 9.18 Å². The van der Waals surface area contributed by atoms with E-state index >= 15 is 0 Å². The van der Waals surface area contributed by atoms with Crippen LogP contribution in [0.2, 0.25) is 0 Å². The van der Waals surface area contributed by atoms with Gasteiger partial charge in [-0.3, -0.25) is 4.79 Å². The van der Waals surface area contributed by atoms with Gasteiger partial charge in [0.15, 0.2) is 5.65 Å². The molecule has 0 aliphatic heterocycles. The molecule has 134 valence electrons. The maximum atomic E-state index is 13.7. The van der Waals surface area contributed by atoms with Crippen LogP contribution in [0.25, 0.3) is 22.6 Å². The fourth-order valence-corrected chi connectivity index (χ4v) is 2.96. The molecule has 0 atom stereocenters. The number of imidazole rings is 1. The lowest BCUT2D eigenvalue weighted by molar-refractivity contribution is 0.102. The molecule has 2 heterocycles. The van der Waals surface area contributed by atoms with E-state index in [-0.39, 0.29) is 11.7 Å². The van der Waals surface area contributed by atoms with Crippen LogP contribution in [0.15, 0.2) is 60.8 Å². The van der Waals surface area contributed by atoms with Gasteiger partial charge in [0.05, 0.1) is 0 Å². The number of rotatable bonds is 3. The van der Waals surface area contributed by atoms with E-state index in [1.54, 1.807) is 43.5 Å². The zero-order valence-corrected chi connectivity index (χ0v) is 14.9. The number of hydrogen-bond acceptors (Lipinski definition) is 3. The number of carbonyl (C=O) groups is 1. The topological polar surface area (TPSA) is 59.8 Å². The quantitative estimate of drug-likeness (QED) is 0.591. The van der Waals surface area contributed by atoms with Crippen molar-refractivity contribution in [3.63, 3.8) is 0 Å². The SMILES string of the molecule is Cc1ccc(NC(=O)c2cccc(-c3nc4cccnc4n3C)c2)cc1F. The van der Waals surface area contributed by atoms with Gasteiger partial charge in [-0.05, 0) is 48.9 Å². The molecule has 0 unspecified atom stereocenters. The first kappa shape index (κ1) is 16.9. The van der Waals surface area contributed by atoms with Gasteiger partial charge >= 0.3 is 0 Å². The van der Waals surface area contributed by atoms with Crippen molar-refractivity contribution in [3.8, 4) is 11.4 Å². The van der Waals surface area contributed by atoms with Gasteiger partial charge in [0.2, 0.25) is 0 Å². The van der Waals surface area contributed by atoms with Crippen LogP contribution < -0.4 is 5.32 Å². The summed E-state index contributed by atoms with van der Waals surface area (Å²) in [5, 5.41) is 2.73. The number of carbonyl (C=O) groups excluding carboxylic acids is 1. The molecule has 0 bridgehead atoms. The number of amides is 1. The third-order valence-corrected chi connectivity index (χ3v) is 4.44. The highest BCUT2D eigenvalue weighted by Crippen LogP contribution is 2.23. The van der Waals surface area contributed by atoms with Crippen LogP contribution in [0, 0.1) is 12.7 Å². The Morgan fingerprint density at radius 3 is 2.74 bits per heavy atom. The normalized spacial score (nSPS) is 10.9. The predicted molar refractivity (Wildman–Crippen MR) is 103 cm³/mol. The van der Waals surface area contributed by atoms with E-state index in [4.69, 9.17) is 0 Å². The predicted octanol–water partition coefficient (Wildman–Crippen LogP) is 4.34. The molecule has 6 heteroatoms. The Labute approximate surface area is 155 Å². The highest BCUT2D eigenvalue weighted by Gasteiger charge is 2.13. The van der Waals surface area contributed by atoms with Gasteiger partial charge < -0.3 is 9.88 Å². The molecule has 1 amide bonds. The lowest BCUT2D eigenvalue weighted by Crippen LogP contribution is -2.12. The maximum absolute atomic E-state index is 13.7. The summed E-state index contributed by atoms with van der Waals surface area (Å²) < 4.78 is 15.6. The van der Waals surface area contributed by atoms with Crippen LogP contribution >= 0.6 is 0 Å². The smallest absolute Gasteiger partial charge is 0.255 e. The molecule has 0 aliphatic carbocycles. The molecule has 0 fully saturated rings. The molecular formula is C21H17FN4O. The Balaban J connectivity index is 1.66. The van der Waals surface area contributed by atoms with Crippen LogP contribution in [-0.4, -0.2) is 20.4 Å². The van der Waals surface area contributed by atoms with Crippen LogP contribution in [0.4, 0.5) is 10.1 Å². The zero-order valence-electron chi connectivity index (χ0n) is 14.9. The Morgan fingerprint density at radius 1 is 1.11 bits per heavy atom. The minimum atomic E-state index is -0.353. The first-order chi connectivity index (χ1) is 13.0. The van der Waals surface area contributed by atoms with Gasteiger partial charge in [0, 0.05) is 30.1 Å². The van der Waals surface area contributed by atoms with Crippen molar-refractivity contribution in [2.24, 2.45) is 7.05 Å². The standard InChI is InChI=1S/C21H17FN4O/c1-13-8-9-16(12-17(13)22)24-21(27)15-6-3-5-14(11-15)19-25-18-7-4-10-23-20(18)26(19)2/h3-12H,1-2H3,(H,24,27). The number of nitrogens with one attached hydrogen (secondary N) is 1. The fraction of sp³-hybridized carbons (Fsp3) is 0.0952. The summed E-state index contributed by atoms with van der Waals surface area (Å²) in [4.78, 5) is 21.5. The van der Waals surface area contributed by atoms with Crippen LogP contribution in [0.1, 0.15) is 15.9 Å². The number of halogens is 1. The summed E-state index contributed by atoms with van der Waals surface area (Å²) in [7, 11) is 1.89. The molecule has 5 nitrogen and oxygen atoms in total. The fourth-order valence-electron chi connectivity index (χ4n) is 2.96. The molecule has 0 aliphatic rings. The number of nitrogens with zero attached hydrogens (tertiary/aromatic N) is 3. The van der Waals surface area contributed by atoms with Crippen molar-refractivity contribution in [2.75, 3.05) is 5.32 Å². The number of aromatic nitrogens is 3. The molecule has 2 aromatic carbocycles. The maximum Gasteiger partial charge on any atom is 0.255 e. The lowest BCUT2D eigenvalue weighted by atomic mass is 10.1. The van der Waals surface area contributed by atoms with Gasteiger partial charge in [0.1, 0.15) is 17.2 Å². The molecule has 1 N–H and O–H groups in total. The van der Waals surface area contributed by atoms with Crippen molar-refractivity contribution >= 4 is 22.8 Å². The number of hydrogen-bond donors (Lipinski definition) is 1. The molecule has 4 aromatic rings. The summed E-state index contributed by atoms with van der Waals surface area (Å²) in [6, 6.07) is 15.5. The molecule has 0 saturated heterocycles. The highest BCUT2D eigenvalue weighted by atomic mass is 19.1. The Hall–Kier alpha value is -3.54. The minimum Gasteiger partial charge on any atom is -0.322 e. The average molecular weight is 360 g/mol. The molecule has 27 heavy (non-hydrogen) atoms. The summed E-state index contributed by atoms with van der Waals surface area (Å²) in [5.74, 6) is 0.0606. The average Bonchev–Trinajstić information content (AvgIpc) is 3.02. The van der Waals surface area contributed by atoms with Crippen molar-refractivity contribution in [1.82, 2.24) is 14.5 Å². The molecular weight excluding hydrogens is 343 g/mol. The van der Waals surface area contributed by atoms with E-state index in [0.29, 0.717) is 16.8 Å². The molecule has 2 aromatic heterocycles. The molecule has 0 radical (unpaired) electrons. The number of fused-ring (bicyclic) bond motifs is 1. The third-order valence-electron chi connectivity index (χ3n) is 4.44. The van der Waals surface area contributed by atoms with Gasteiger partial charge in [-0.1, -0.05) is 18.2 Å². The molecule has 4 rings (SSSR count). The van der Waals surface area contributed by atoms with E-state index in [1.165, 1.54) is 6.07 Å². The minimum absolute atomic E-state index is 0.308. The third kappa shape index (κ3) is 3.17. The molecule has 0 saturated carbocycles. The Bertz CT molecular complexity index is 1170. The number of anilines is 1. The second-order valence-electron chi connectivity index (χ2n) is 6.34. The summed E-state index contributed by atoms with van der Waals surface area (Å²) in [6.45, 7) is 1.68. The largest absolute Gasteiger partial charge is 0.322 e. The van der Waals surface area contributed by atoms with Gasteiger partial charge in [-0.25, -0.2) is 14.4 Å². The van der Waals surface area contributed by atoms with Gasteiger partial charge in [-0.2, -0.15) is 0 Å². The highest BCUT2D eigenvalue weighted by molar-refractivity contribution is 6.05. The zero-order chi connectivity index (χ0) is 19.0. The second-order valence-corrected chi connectivity index (χ2v) is 6.34. The van der Waals surface area contributed by atoms with Gasteiger partial charge in [0.25, 0.3) is 5.91 Å². The van der Waals surface area contributed by atoms with E-state index < -0.39 is 0 Å². The number of aryl methyl sites for hydroxylation is 2. The summed E-state index contributed by atoms with van der Waals surface area (Å²) in [6.07, 6.45) is 1.72. The monoisotopic (exact) mass is 360 g/mol. The lowest BCUT2D eigenvalue weighted by Gasteiger charge is -2.08. The summed E-state index contributed by atoms with van der Waals surface area (Å²) >= 11 is 0. The summed E-state index contributed by atoms with van der Waals surface area (Å²) in [5.41, 5.74) is 3.79.